The maximum absolute atomic E-state index is 9.19. The first-order chi connectivity index (χ1) is 6.50. The van der Waals surface area contributed by atoms with Crippen molar-refractivity contribution < 1.29 is 5.11 Å². The zero-order chi connectivity index (χ0) is 10.7. The first kappa shape index (κ1) is 11.6. The minimum absolute atomic E-state index is 0.423. The molecule has 0 aliphatic rings. The third kappa shape index (κ3) is 3.01. The van der Waals surface area contributed by atoms with Gasteiger partial charge in [-0.1, -0.05) is 23.2 Å². The average molecular weight is 235 g/mol. The fraction of sp³-hybridized carbons (Fsp3) is 0.444. The van der Waals surface area contributed by atoms with Gasteiger partial charge in [-0.2, -0.15) is 0 Å². The number of rotatable bonds is 3. The lowest BCUT2D eigenvalue weighted by atomic mass is 10.3. The molecular formula is C9H12Cl2N2O. The van der Waals surface area contributed by atoms with Crippen LogP contribution in [0.1, 0.15) is 6.92 Å². The number of likely N-dealkylation sites (N-methyl/N-ethyl adjacent to an activating group) is 1. The lowest BCUT2D eigenvalue weighted by Crippen LogP contribution is -2.27. The Hall–Kier alpha value is -0.510. The molecule has 0 aromatic carbocycles. The number of nitrogens with zero attached hydrogens (tertiary/aromatic N) is 2. The number of pyridine rings is 1. The van der Waals surface area contributed by atoms with E-state index < -0.39 is 6.10 Å². The molecule has 0 aliphatic carbocycles. The molecule has 1 rings (SSSR count). The monoisotopic (exact) mass is 234 g/mol. The van der Waals surface area contributed by atoms with E-state index in [0.717, 1.165) is 0 Å². The molecule has 1 aromatic heterocycles. The molecule has 0 saturated carbocycles. The Morgan fingerprint density at radius 1 is 1.57 bits per heavy atom. The second-order valence-corrected chi connectivity index (χ2v) is 4.03. The summed E-state index contributed by atoms with van der Waals surface area (Å²) in [6, 6.07) is 1.63. The van der Waals surface area contributed by atoms with Gasteiger partial charge >= 0.3 is 0 Å². The standard InChI is InChI=1S/C9H12Cl2N2O/c1-6(14)5-13(2)9-8(11)3-7(10)4-12-9/h3-4,6,14H,5H2,1-2H3. The smallest absolute Gasteiger partial charge is 0.147 e. The van der Waals surface area contributed by atoms with Crippen molar-refractivity contribution >= 4 is 29.0 Å². The fourth-order valence-corrected chi connectivity index (χ4v) is 1.70. The Labute approximate surface area is 93.3 Å². The van der Waals surface area contributed by atoms with Gasteiger partial charge in [0.2, 0.25) is 0 Å². The van der Waals surface area contributed by atoms with E-state index >= 15 is 0 Å². The maximum atomic E-state index is 9.19. The third-order valence-corrected chi connectivity index (χ3v) is 2.17. The number of aliphatic hydroxyl groups is 1. The third-order valence-electron chi connectivity index (χ3n) is 1.69. The van der Waals surface area contributed by atoms with Gasteiger partial charge < -0.3 is 10.0 Å². The summed E-state index contributed by atoms with van der Waals surface area (Å²) in [5, 5.41) is 10.2. The number of aliphatic hydroxyl groups excluding tert-OH is 1. The summed E-state index contributed by atoms with van der Waals surface area (Å²) in [5.74, 6) is 0.622. The van der Waals surface area contributed by atoms with Crippen molar-refractivity contribution in [3.05, 3.63) is 22.3 Å². The Morgan fingerprint density at radius 2 is 2.21 bits per heavy atom. The summed E-state index contributed by atoms with van der Waals surface area (Å²) in [5.41, 5.74) is 0. The van der Waals surface area contributed by atoms with Gasteiger partial charge in [-0.15, -0.1) is 0 Å². The number of aromatic nitrogens is 1. The highest BCUT2D eigenvalue weighted by Crippen LogP contribution is 2.24. The molecular weight excluding hydrogens is 223 g/mol. The van der Waals surface area contributed by atoms with Crippen LogP contribution in [0.2, 0.25) is 10.0 Å². The zero-order valence-corrected chi connectivity index (χ0v) is 9.55. The molecule has 3 nitrogen and oxygen atoms in total. The van der Waals surface area contributed by atoms with Gasteiger partial charge in [0, 0.05) is 19.8 Å². The number of halogens is 2. The summed E-state index contributed by atoms with van der Waals surface area (Å²) in [6.45, 7) is 2.19. The van der Waals surface area contributed by atoms with E-state index in [2.05, 4.69) is 4.98 Å². The van der Waals surface area contributed by atoms with E-state index in [-0.39, 0.29) is 0 Å². The highest BCUT2D eigenvalue weighted by Gasteiger charge is 2.09. The molecule has 0 amide bonds. The summed E-state index contributed by atoms with van der Waals surface area (Å²) in [4.78, 5) is 5.86. The highest BCUT2D eigenvalue weighted by atomic mass is 35.5. The van der Waals surface area contributed by atoms with Crippen LogP contribution in [-0.4, -0.2) is 29.8 Å². The fourth-order valence-electron chi connectivity index (χ4n) is 1.17. The predicted molar refractivity (Wildman–Crippen MR) is 59.2 cm³/mol. The molecule has 1 N–H and O–H groups in total. The minimum Gasteiger partial charge on any atom is -0.392 e. The van der Waals surface area contributed by atoms with Crippen molar-refractivity contribution in [3.8, 4) is 0 Å². The van der Waals surface area contributed by atoms with E-state index in [1.165, 1.54) is 6.20 Å². The van der Waals surface area contributed by atoms with Crippen LogP contribution >= 0.6 is 23.2 Å². The Bertz CT molecular complexity index is 318. The largest absolute Gasteiger partial charge is 0.392 e. The van der Waals surface area contributed by atoms with Gasteiger partial charge in [-0.25, -0.2) is 4.98 Å². The van der Waals surface area contributed by atoms with E-state index in [0.29, 0.717) is 22.4 Å². The SMILES string of the molecule is CC(O)CN(C)c1ncc(Cl)cc1Cl. The number of hydrogen-bond acceptors (Lipinski definition) is 3. The lowest BCUT2D eigenvalue weighted by Gasteiger charge is -2.20. The zero-order valence-electron chi connectivity index (χ0n) is 8.04. The molecule has 1 unspecified atom stereocenters. The van der Waals surface area contributed by atoms with Crippen LogP contribution < -0.4 is 4.90 Å². The molecule has 0 fully saturated rings. The van der Waals surface area contributed by atoms with E-state index in [1.54, 1.807) is 17.9 Å². The molecule has 0 spiro atoms. The average Bonchev–Trinajstić information content (AvgIpc) is 2.01. The molecule has 1 atom stereocenters. The molecule has 1 aromatic rings. The first-order valence-corrected chi connectivity index (χ1v) is 4.96. The molecule has 1 heterocycles. The van der Waals surface area contributed by atoms with Crippen LogP contribution in [0.4, 0.5) is 5.82 Å². The summed E-state index contributed by atoms with van der Waals surface area (Å²) in [6.07, 6.45) is 1.11. The quantitative estimate of drug-likeness (QED) is 0.872. The lowest BCUT2D eigenvalue weighted by molar-refractivity contribution is 0.201. The molecule has 0 saturated heterocycles. The molecule has 5 heteroatoms. The van der Waals surface area contributed by atoms with Crippen LogP contribution in [0.5, 0.6) is 0 Å². The van der Waals surface area contributed by atoms with Crippen LogP contribution in [0.25, 0.3) is 0 Å². The van der Waals surface area contributed by atoms with Crippen LogP contribution in [0, 0.1) is 0 Å². The van der Waals surface area contributed by atoms with Crippen molar-refractivity contribution in [3.63, 3.8) is 0 Å². The molecule has 78 valence electrons. The molecule has 14 heavy (non-hydrogen) atoms. The van der Waals surface area contributed by atoms with Gasteiger partial charge in [-0.05, 0) is 13.0 Å². The topological polar surface area (TPSA) is 36.4 Å². The second-order valence-electron chi connectivity index (χ2n) is 3.19. The molecule has 0 bridgehead atoms. The van der Waals surface area contributed by atoms with Gasteiger partial charge in [0.05, 0.1) is 16.1 Å². The summed E-state index contributed by atoms with van der Waals surface area (Å²) in [7, 11) is 1.81. The van der Waals surface area contributed by atoms with Gasteiger partial charge in [0.1, 0.15) is 5.82 Å². The highest BCUT2D eigenvalue weighted by molar-refractivity contribution is 6.35. The summed E-state index contributed by atoms with van der Waals surface area (Å²) >= 11 is 11.7. The number of anilines is 1. The van der Waals surface area contributed by atoms with Gasteiger partial charge in [0.15, 0.2) is 0 Å². The van der Waals surface area contributed by atoms with Gasteiger partial charge in [0.25, 0.3) is 0 Å². The van der Waals surface area contributed by atoms with E-state index in [1.807, 2.05) is 7.05 Å². The van der Waals surface area contributed by atoms with Crippen LogP contribution in [0.3, 0.4) is 0 Å². The molecule has 0 radical (unpaired) electrons. The number of hydrogen-bond donors (Lipinski definition) is 1. The van der Waals surface area contributed by atoms with Crippen molar-refractivity contribution in [2.24, 2.45) is 0 Å². The second kappa shape index (κ2) is 4.82. The van der Waals surface area contributed by atoms with Crippen molar-refractivity contribution in [2.75, 3.05) is 18.5 Å². The molecule has 0 aliphatic heterocycles. The van der Waals surface area contributed by atoms with Crippen molar-refractivity contribution in [2.45, 2.75) is 13.0 Å². The van der Waals surface area contributed by atoms with E-state index in [9.17, 15) is 5.11 Å². The summed E-state index contributed by atoms with van der Waals surface area (Å²) < 4.78 is 0. The van der Waals surface area contributed by atoms with Crippen molar-refractivity contribution in [1.82, 2.24) is 4.98 Å². The van der Waals surface area contributed by atoms with Crippen LogP contribution in [-0.2, 0) is 0 Å². The van der Waals surface area contributed by atoms with E-state index in [4.69, 9.17) is 23.2 Å². The van der Waals surface area contributed by atoms with Crippen LogP contribution in [0.15, 0.2) is 12.3 Å². The Kier molecular flexibility index (Phi) is 3.98. The Balaban J connectivity index is 2.84. The maximum Gasteiger partial charge on any atom is 0.147 e. The normalized spacial score (nSPS) is 12.6. The van der Waals surface area contributed by atoms with Gasteiger partial charge in [-0.3, -0.25) is 0 Å². The predicted octanol–water partition coefficient (Wildman–Crippen LogP) is 2.21. The van der Waals surface area contributed by atoms with Crippen molar-refractivity contribution in [1.29, 1.82) is 0 Å². The first-order valence-electron chi connectivity index (χ1n) is 4.21. The Morgan fingerprint density at radius 3 is 2.71 bits per heavy atom. The minimum atomic E-state index is -0.423.